The summed E-state index contributed by atoms with van der Waals surface area (Å²) in [4.78, 5) is 25.4. The van der Waals surface area contributed by atoms with Crippen molar-refractivity contribution < 1.29 is 14.7 Å². The minimum Gasteiger partial charge on any atom is -0.481 e. The number of carbonyl (C=O) groups is 2. The van der Waals surface area contributed by atoms with E-state index in [0.717, 1.165) is 12.8 Å². The van der Waals surface area contributed by atoms with Crippen molar-refractivity contribution in [1.82, 2.24) is 10.2 Å². The van der Waals surface area contributed by atoms with Crippen LogP contribution in [-0.2, 0) is 10.2 Å². The lowest BCUT2D eigenvalue weighted by Crippen LogP contribution is -2.43. The fourth-order valence-electron chi connectivity index (χ4n) is 3.77. The lowest BCUT2D eigenvalue weighted by Gasteiger charge is -2.23. The zero-order valence-corrected chi connectivity index (χ0v) is 14.7. The molecule has 3 rings (SSSR count). The molecule has 24 heavy (non-hydrogen) atoms. The highest BCUT2D eigenvalue weighted by molar-refractivity contribution is 5.79. The molecular formula is C19H26N2O3. The van der Waals surface area contributed by atoms with E-state index in [1.165, 1.54) is 16.7 Å². The van der Waals surface area contributed by atoms with Crippen LogP contribution in [0.25, 0.3) is 0 Å². The molecule has 0 bridgehead atoms. The van der Waals surface area contributed by atoms with Gasteiger partial charge in [0, 0.05) is 25.0 Å². The third-order valence-corrected chi connectivity index (χ3v) is 5.66. The van der Waals surface area contributed by atoms with Gasteiger partial charge in [0.05, 0.1) is 5.41 Å². The van der Waals surface area contributed by atoms with E-state index in [9.17, 15) is 14.7 Å². The van der Waals surface area contributed by atoms with Gasteiger partial charge >= 0.3 is 12.0 Å². The monoisotopic (exact) mass is 330 g/mol. The van der Waals surface area contributed by atoms with E-state index in [1.807, 2.05) is 0 Å². The van der Waals surface area contributed by atoms with Crippen LogP contribution >= 0.6 is 0 Å². The first-order chi connectivity index (χ1) is 11.3. The normalized spacial score (nSPS) is 24.7. The highest BCUT2D eigenvalue weighted by Crippen LogP contribution is 2.49. The van der Waals surface area contributed by atoms with Gasteiger partial charge in [-0.2, -0.15) is 0 Å². The number of aryl methyl sites for hydroxylation is 2. The Hall–Kier alpha value is -2.04. The van der Waals surface area contributed by atoms with E-state index in [1.54, 1.807) is 11.8 Å². The summed E-state index contributed by atoms with van der Waals surface area (Å²) in [6.45, 7) is 7.33. The van der Waals surface area contributed by atoms with Crippen molar-refractivity contribution in [2.75, 3.05) is 19.6 Å². The second-order valence-corrected chi connectivity index (χ2v) is 7.79. The van der Waals surface area contributed by atoms with Gasteiger partial charge in [0.25, 0.3) is 0 Å². The number of hydrogen-bond acceptors (Lipinski definition) is 2. The molecule has 2 aliphatic rings. The standard InChI is InChI=1S/C19H26N2O3/c1-13-4-5-15(14(2)10-13)19(6-7-19)11-20-17(24)21-9-8-18(3,12-21)16(22)23/h4-5,10H,6-9,11-12H2,1-3H3,(H,20,24)(H,22,23). The van der Waals surface area contributed by atoms with Gasteiger partial charge in [-0.1, -0.05) is 23.8 Å². The number of nitrogens with one attached hydrogen (secondary N) is 1. The Bertz CT molecular complexity index is 681. The molecule has 130 valence electrons. The van der Waals surface area contributed by atoms with Crippen LogP contribution in [0.5, 0.6) is 0 Å². The number of nitrogens with zero attached hydrogens (tertiary/aromatic N) is 1. The first kappa shape index (κ1) is 16.8. The SMILES string of the molecule is Cc1ccc(C2(CNC(=O)N3CCC(C)(C(=O)O)C3)CC2)c(C)c1. The van der Waals surface area contributed by atoms with Crippen molar-refractivity contribution in [2.45, 2.75) is 45.4 Å². The van der Waals surface area contributed by atoms with E-state index < -0.39 is 11.4 Å². The quantitative estimate of drug-likeness (QED) is 0.892. The lowest BCUT2D eigenvalue weighted by atomic mass is 9.90. The minimum atomic E-state index is -0.827. The van der Waals surface area contributed by atoms with Gasteiger partial charge in [-0.15, -0.1) is 0 Å². The first-order valence-electron chi connectivity index (χ1n) is 8.60. The molecule has 0 spiro atoms. The molecule has 5 nitrogen and oxygen atoms in total. The van der Waals surface area contributed by atoms with Crippen molar-refractivity contribution in [3.8, 4) is 0 Å². The topological polar surface area (TPSA) is 69.6 Å². The number of aliphatic carboxylic acids is 1. The number of carbonyl (C=O) groups excluding carboxylic acids is 1. The Morgan fingerprint density at radius 3 is 2.50 bits per heavy atom. The number of carboxylic acids is 1. The summed E-state index contributed by atoms with van der Waals surface area (Å²) in [6.07, 6.45) is 2.69. The van der Waals surface area contributed by atoms with Crippen LogP contribution in [0.1, 0.15) is 42.9 Å². The predicted molar refractivity (Wildman–Crippen MR) is 92.2 cm³/mol. The Morgan fingerprint density at radius 1 is 1.25 bits per heavy atom. The molecule has 2 amide bonds. The third-order valence-electron chi connectivity index (χ3n) is 5.66. The Morgan fingerprint density at radius 2 is 1.96 bits per heavy atom. The van der Waals surface area contributed by atoms with Crippen molar-refractivity contribution in [3.05, 3.63) is 34.9 Å². The zero-order chi connectivity index (χ0) is 17.5. The summed E-state index contributed by atoms with van der Waals surface area (Å²) >= 11 is 0. The molecule has 1 saturated heterocycles. The summed E-state index contributed by atoms with van der Waals surface area (Å²) in [5.41, 5.74) is 3.10. The smallest absolute Gasteiger partial charge is 0.317 e. The van der Waals surface area contributed by atoms with Crippen LogP contribution in [0.2, 0.25) is 0 Å². The third kappa shape index (κ3) is 2.99. The number of likely N-dealkylation sites (tertiary alicyclic amines) is 1. The summed E-state index contributed by atoms with van der Waals surface area (Å²) < 4.78 is 0. The molecule has 1 saturated carbocycles. The summed E-state index contributed by atoms with van der Waals surface area (Å²) in [7, 11) is 0. The molecule has 0 radical (unpaired) electrons. The van der Waals surface area contributed by atoms with E-state index in [-0.39, 0.29) is 18.0 Å². The predicted octanol–water partition coefficient (Wildman–Crippen LogP) is 2.84. The maximum Gasteiger partial charge on any atom is 0.317 e. The van der Waals surface area contributed by atoms with Gasteiger partial charge in [0.15, 0.2) is 0 Å². The summed E-state index contributed by atoms with van der Waals surface area (Å²) in [6, 6.07) is 6.36. The van der Waals surface area contributed by atoms with Crippen molar-refractivity contribution in [3.63, 3.8) is 0 Å². The highest BCUT2D eigenvalue weighted by Gasteiger charge is 2.46. The highest BCUT2D eigenvalue weighted by atomic mass is 16.4. The number of amides is 2. The molecule has 5 heteroatoms. The molecule has 1 heterocycles. The maximum atomic E-state index is 12.4. The van der Waals surface area contributed by atoms with Crippen molar-refractivity contribution >= 4 is 12.0 Å². The van der Waals surface area contributed by atoms with Gasteiger partial charge < -0.3 is 15.3 Å². The molecule has 1 aromatic carbocycles. The minimum absolute atomic E-state index is 0.0588. The van der Waals surface area contributed by atoms with Gasteiger partial charge in [0.2, 0.25) is 0 Å². The molecule has 1 aliphatic heterocycles. The van der Waals surface area contributed by atoms with E-state index in [4.69, 9.17) is 0 Å². The fourth-order valence-corrected chi connectivity index (χ4v) is 3.77. The number of urea groups is 1. The molecule has 2 N–H and O–H groups in total. The van der Waals surface area contributed by atoms with Gasteiger partial charge in [-0.25, -0.2) is 4.79 Å². The number of rotatable bonds is 4. The second kappa shape index (κ2) is 5.80. The lowest BCUT2D eigenvalue weighted by molar-refractivity contribution is -0.147. The van der Waals surface area contributed by atoms with Crippen LogP contribution in [0, 0.1) is 19.3 Å². The maximum absolute atomic E-state index is 12.4. The molecular weight excluding hydrogens is 304 g/mol. The van der Waals surface area contributed by atoms with Crippen LogP contribution in [0.4, 0.5) is 4.79 Å². The zero-order valence-electron chi connectivity index (χ0n) is 14.7. The van der Waals surface area contributed by atoms with Crippen LogP contribution in [-0.4, -0.2) is 41.6 Å². The Labute approximate surface area is 143 Å². The van der Waals surface area contributed by atoms with Gasteiger partial charge in [-0.05, 0) is 51.2 Å². The van der Waals surface area contributed by atoms with Gasteiger partial charge in [-0.3, -0.25) is 4.79 Å². The number of hydrogen-bond donors (Lipinski definition) is 2. The molecule has 2 fully saturated rings. The molecule has 1 atom stereocenters. The largest absolute Gasteiger partial charge is 0.481 e. The number of benzene rings is 1. The van der Waals surface area contributed by atoms with Crippen LogP contribution < -0.4 is 5.32 Å². The summed E-state index contributed by atoms with van der Waals surface area (Å²) in [5, 5.41) is 12.3. The van der Waals surface area contributed by atoms with Gasteiger partial charge in [0.1, 0.15) is 0 Å². The molecule has 1 aromatic rings. The van der Waals surface area contributed by atoms with Crippen LogP contribution in [0.15, 0.2) is 18.2 Å². The second-order valence-electron chi connectivity index (χ2n) is 7.79. The van der Waals surface area contributed by atoms with Crippen molar-refractivity contribution in [1.29, 1.82) is 0 Å². The molecule has 1 aliphatic carbocycles. The van der Waals surface area contributed by atoms with E-state index in [2.05, 4.69) is 37.4 Å². The van der Waals surface area contributed by atoms with Crippen LogP contribution in [0.3, 0.4) is 0 Å². The fraction of sp³-hybridized carbons (Fsp3) is 0.579. The molecule has 0 aromatic heterocycles. The number of carboxylic acid groups (broad SMARTS) is 1. The van der Waals surface area contributed by atoms with E-state index in [0.29, 0.717) is 19.5 Å². The average Bonchev–Trinajstić information content (AvgIpc) is 3.19. The average molecular weight is 330 g/mol. The first-order valence-corrected chi connectivity index (χ1v) is 8.60. The van der Waals surface area contributed by atoms with Crippen molar-refractivity contribution in [2.24, 2.45) is 5.41 Å². The Kier molecular flexibility index (Phi) is 4.06. The molecule has 1 unspecified atom stereocenters. The Balaban J connectivity index is 1.62. The van der Waals surface area contributed by atoms with E-state index >= 15 is 0 Å². The summed E-state index contributed by atoms with van der Waals surface area (Å²) in [5.74, 6) is -0.827.